The molecular formula is C11H13NO2. The van der Waals surface area contributed by atoms with Crippen molar-refractivity contribution in [3.8, 4) is 5.75 Å². The lowest BCUT2D eigenvalue weighted by Crippen LogP contribution is -1.89. The SMILES string of the molecule is COc1cccc2cc(C(C)O)[nH]c12. The highest BCUT2D eigenvalue weighted by Crippen LogP contribution is 2.27. The van der Waals surface area contributed by atoms with Gasteiger partial charge in [0.1, 0.15) is 5.75 Å². The van der Waals surface area contributed by atoms with Crippen molar-refractivity contribution < 1.29 is 9.84 Å². The number of aromatic amines is 1. The molecule has 0 aliphatic heterocycles. The molecule has 1 atom stereocenters. The zero-order valence-electron chi connectivity index (χ0n) is 8.24. The van der Waals surface area contributed by atoms with Crippen LogP contribution in [0.15, 0.2) is 24.3 Å². The second kappa shape index (κ2) is 3.35. The fraction of sp³-hybridized carbons (Fsp3) is 0.273. The first-order valence-corrected chi connectivity index (χ1v) is 4.56. The quantitative estimate of drug-likeness (QED) is 0.764. The molecule has 2 rings (SSSR count). The van der Waals surface area contributed by atoms with Crippen LogP contribution in [0, 0.1) is 0 Å². The van der Waals surface area contributed by atoms with Gasteiger partial charge in [0.25, 0.3) is 0 Å². The standard InChI is InChI=1S/C11H13NO2/c1-7(13)9-6-8-4-3-5-10(14-2)11(8)12-9/h3-7,12-13H,1-2H3. The molecule has 1 heterocycles. The Balaban J connectivity index is 2.64. The third kappa shape index (κ3) is 1.36. The smallest absolute Gasteiger partial charge is 0.142 e. The zero-order chi connectivity index (χ0) is 10.1. The van der Waals surface area contributed by atoms with Gasteiger partial charge in [-0.25, -0.2) is 0 Å². The summed E-state index contributed by atoms with van der Waals surface area (Å²) in [4.78, 5) is 3.14. The Bertz CT molecular complexity index is 445. The lowest BCUT2D eigenvalue weighted by Gasteiger charge is -2.00. The van der Waals surface area contributed by atoms with E-state index in [1.807, 2.05) is 24.3 Å². The number of ether oxygens (including phenoxy) is 1. The number of aromatic nitrogens is 1. The van der Waals surface area contributed by atoms with E-state index in [2.05, 4.69) is 4.98 Å². The van der Waals surface area contributed by atoms with Gasteiger partial charge in [0, 0.05) is 11.1 Å². The summed E-state index contributed by atoms with van der Waals surface area (Å²) in [5.74, 6) is 0.800. The first kappa shape index (κ1) is 9.09. The number of aliphatic hydroxyl groups excluding tert-OH is 1. The van der Waals surface area contributed by atoms with Gasteiger partial charge in [0.05, 0.1) is 18.7 Å². The van der Waals surface area contributed by atoms with Gasteiger partial charge in [-0.2, -0.15) is 0 Å². The summed E-state index contributed by atoms with van der Waals surface area (Å²) in [6, 6.07) is 7.74. The number of para-hydroxylation sites is 1. The minimum atomic E-state index is -0.480. The number of aliphatic hydroxyl groups is 1. The molecule has 1 unspecified atom stereocenters. The van der Waals surface area contributed by atoms with Crippen LogP contribution in [0.2, 0.25) is 0 Å². The number of hydrogen-bond acceptors (Lipinski definition) is 2. The summed E-state index contributed by atoms with van der Waals surface area (Å²) in [6.07, 6.45) is -0.480. The molecule has 0 spiro atoms. The van der Waals surface area contributed by atoms with Crippen LogP contribution in [0.3, 0.4) is 0 Å². The summed E-state index contributed by atoms with van der Waals surface area (Å²) < 4.78 is 5.21. The van der Waals surface area contributed by atoms with E-state index in [0.29, 0.717) is 0 Å². The number of nitrogens with one attached hydrogen (secondary N) is 1. The molecule has 0 saturated carbocycles. The highest BCUT2D eigenvalue weighted by atomic mass is 16.5. The number of hydrogen-bond donors (Lipinski definition) is 2. The van der Waals surface area contributed by atoms with Crippen molar-refractivity contribution >= 4 is 10.9 Å². The fourth-order valence-electron chi connectivity index (χ4n) is 1.55. The van der Waals surface area contributed by atoms with Crippen LogP contribution in [0.4, 0.5) is 0 Å². The average Bonchev–Trinajstić information content (AvgIpc) is 2.60. The molecule has 74 valence electrons. The summed E-state index contributed by atoms with van der Waals surface area (Å²) in [7, 11) is 1.64. The maximum Gasteiger partial charge on any atom is 0.142 e. The van der Waals surface area contributed by atoms with Crippen LogP contribution < -0.4 is 4.74 Å². The van der Waals surface area contributed by atoms with Crippen LogP contribution >= 0.6 is 0 Å². The lowest BCUT2D eigenvalue weighted by atomic mass is 10.2. The second-order valence-electron chi connectivity index (χ2n) is 3.33. The van der Waals surface area contributed by atoms with Crippen LogP contribution in [-0.4, -0.2) is 17.2 Å². The van der Waals surface area contributed by atoms with Gasteiger partial charge >= 0.3 is 0 Å². The van der Waals surface area contributed by atoms with Crippen molar-refractivity contribution in [2.45, 2.75) is 13.0 Å². The summed E-state index contributed by atoms with van der Waals surface area (Å²) >= 11 is 0. The highest BCUT2D eigenvalue weighted by molar-refractivity contribution is 5.86. The molecule has 1 aromatic carbocycles. The normalized spacial score (nSPS) is 13.1. The summed E-state index contributed by atoms with van der Waals surface area (Å²) in [5, 5.41) is 10.5. The van der Waals surface area contributed by atoms with Gasteiger partial charge in [-0.05, 0) is 19.1 Å². The third-order valence-corrected chi connectivity index (χ3v) is 2.31. The van der Waals surface area contributed by atoms with E-state index in [1.165, 1.54) is 0 Å². The predicted molar refractivity (Wildman–Crippen MR) is 55.5 cm³/mol. The Hall–Kier alpha value is -1.48. The van der Waals surface area contributed by atoms with E-state index < -0.39 is 6.10 Å². The Labute approximate surface area is 82.3 Å². The Morgan fingerprint density at radius 2 is 2.21 bits per heavy atom. The van der Waals surface area contributed by atoms with Crippen LogP contribution in [-0.2, 0) is 0 Å². The number of H-pyrrole nitrogens is 1. The zero-order valence-corrected chi connectivity index (χ0v) is 8.24. The molecule has 0 bridgehead atoms. The molecule has 14 heavy (non-hydrogen) atoms. The molecule has 0 aliphatic carbocycles. The average molecular weight is 191 g/mol. The van der Waals surface area contributed by atoms with Gasteiger partial charge in [-0.15, -0.1) is 0 Å². The molecule has 0 amide bonds. The fourth-order valence-corrected chi connectivity index (χ4v) is 1.55. The number of methoxy groups -OCH3 is 1. The van der Waals surface area contributed by atoms with Crippen LogP contribution in [0.25, 0.3) is 10.9 Å². The van der Waals surface area contributed by atoms with Crippen molar-refractivity contribution in [3.05, 3.63) is 30.0 Å². The molecule has 2 N–H and O–H groups in total. The van der Waals surface area contributed by atoms with Crippen LogP contribution in [0.1, 0.15) is 18.7 Å². The van der Waals surface area contributed by atoms with E-state index in [4.69, 9.17) is 4.74 Å². The second-order valence-corrected chi connectivity index (χ2v) is 3.33. The van der Waals surface area contributed by atoms with Gasteiger partial charge in [-0.1, -0.05) is 12.1 Å². The lowest BCUT2D eigenvalue weighted by molar-refractivity contribution is 0.195. The molecule has 0 fully saturated rings. The largest absolute Gasteiger partial charge is 0.495 e. The summed E-state index contributed by atoms with van der Waals surface area (Å²) in [5.41, 5.74) is 1.75. The Kier molecular flexibility index (Phi) is 2.17. The third-order valence-electron chi connectivity index (χ3n) is 2.31. The number of rotatable bonds is 2. The number of benzene rings is 1. The van der Waals surface area contributed by atoms with Gasteiger partial charge in [-0.3, -0.25) is 0 Å². The molecule has 0 radical (unpaired) electrons. The van der Waals surface area contributed by atoms with E-state index in [9.17, 15) is 5.11 Å². The molecule has 0 saturated heterocycles. The molecule has 2 aromatic rings. The predicted octanol–water partition coefficient (Wildman–Crippen LogP) is 2.23. The highest BCUT2D eigenvalue weighted by Gasteiger charge is 2.08. The van der Waals surface area contributed by atoms with Gasteiger partial charge in [0.2, 0.25) is 0 Å². The Morgan fingerprint density at radius 1 is 1.43 bits per heavy atom. The first-order valence-electron chi connectivity index (χ1n) is 4.56. The Morgan fingerprint density at radius 3 is 2.86 bits per heavy atom. The van der Waals surface area contributed by atoms with E-state index in [-0.39, 0.29) is 0 Å². The minimum absolute atomic E-state index is 0.480. The first-order chi connectivity index (χ1) is 6.72. The van der Waals surface area contributed by atoms with Crippen molar-refractivity contribution in [1.82, 2.24) is 4.98 Å². The monoisotopic (exact) mass is 191 g/mol. The minimum Gasteiger partial charge on any atom is -0.495 e. The molecule has 1 aromatic heterocycles. The molecule has 3 nitrogen and oxygen atoms in total. The maximum atomic E-state index is 9.42. The van der Waals surface area contributed by atoms with Gasteiger partial charge in [0.15, 0.2) is 0 Å². The maximum absolute atomic E-state index is 9.42. The van der Waals surface area contributed by atoms with Crippen molar-refractivity contribution in [3.63, 3.8) is 0 Å². The van der Waals surface area contributed by atoms with E-state index in [1.54, 1.807) is 14.0 Å². The van der Waals surface area contributed by atoms with Crippen molar-refractivity contribution in [1.29, 1.82) is 0 Å². The summed E-state index contributed by atoms with van der Waals surface area (Å²) in [6.45, 7) is 1.73. The van der Waals surface area contributed by atoms with Crippen molar-refractivity contribution in [2.24, 2.45) is 0 Å². The molecule has 3 heteroatoms. The topological polar surface area (TPSA) is 45.2 Å². The molecular weight excluding hydrogens is 178 g/mol. The molecule has 0 aliphatic rings. The van der Waals surface area contributed by atoms with Crippen LogP contribution in [0.5, 0.6) is 5.75 Å². The number of fused-ring (bicyclic) bond motifs is 1. The van der Waals surface area contributed by atoms with Gasteiger partial charge < -0.3 is 14.8 Å². The van der Waals surface area contributed by atoms with E-state index in [0.717, 1.165) is 22.3 Å². The van der Waals surface area contributed by atoms with Crippen molar-refractivity contribution in [2.75, 3.05) is 7.11 Å². The van der Waals surface area contributed by atoms with E-state index >= 15 is 0 Å².